The molecule has 0 fully saturated rings. The summed E-state index contributed by atoms with van der Waals surface area (Å²) in [5.41, 5.74) is 5.96. The standard InChI is InChI=1S/C13H17N3O3S2/c1-3-11(13-15-6-7-20-13)16-21(17,18)12-5-4-9(19-2)8-10(12)14/h4-8,11,16H,3,14H2,1-2H3. The molecule has 0 amide bonds. The lowest BCUT2D eigenvalue weighted by Crippen LogP contribution is -2.28. The van der Waals surface area contributed by atoms with E-state index in [-0.39, 0.29) is 16.6 Å². The molecule has 0 aliphatic rings. The zero-order valence-electron chi connectivity index (χ0n) is 11.7. The van der Waals surface area contributed by atoms with Gasteiger partial charge in [0, 0.05) is 17.6 Å². The lowest BCUT2D eigenvalue weighted by molar-refractivity contribution is 0.414. The topological polar surface area (TPSA) is 94.3 Å². The Bertz CT molecular complexity index is 699. The zero-order chi connectivity index (χ0) is 15.5. The maximum Gasteiger partial charge on any atom is 0.243 e. The number of benzene rings is 1. The predicted octanol–water partition coefficient (Wildman–Crippen LogP) is 2.16. The van der Waals surface area contributed by atoms with Crippen molar-refractivity contribution < 1.29 is 13.2 Å². The van der Waals surface area contributed by atoms with E-state index < -0.39 is 10.0 Å². The summed E-state index contributed by atoms with van der Waals surface area (Å²) in [4.78, 5) is 4.20. The molecule has 6 nitrogen and oxygen atoms in total. The molecule has 1 unspecified atom stereocenters. The van der Waals surface area contributed by atoms with Gasteiger partial charge >= 0.3 is 0 Å². The highest BCUT2D eigenvalue weighted by atomic mass is 32.2. The number of hydrogen-bond donors (Lipinski definition) is 2. The Labute approximate surface area is 128 Å². The maximum atomic E-state index is 12.5. The summed E-state index contributed by atoms with van der Waals surface area (Å²) in [6, 6.07) is 4.12. The van der Waals surface area contributed by atoms with E-state index in [0.29, 0.717) is 12.2 Å². The predicted molar refractivity (Wildman–Crippen MR) is 82.9 cm³/mol. The van der Waals surface area contributed by atoms with Crippen LogP contribution in [0.4, 0.5) is 5.69 Å². The number of ether oxygens (including phenoxy) is 1. The fourth-order valence-corrected chi connectivity index (χ4v) is 4.11. The molecule has 0 saturated carbocycles. The molecular weight excluding hydrogens is 310 g/mol. The van der Waals surface area contributed by atoms with Crippen LogP contribution in [0.25, 0.3) is 0 Å². The van der Waals surface area contributed by atoms with E-state index in [1.54, 1.807) is 12.3 Å². The third-order valence-corrected chi connectivity index (χ3v) is 5.40. The fraction of sp³-hybridized carbons (Fsp3) is 0.308. The number of nitrogens with one attached hydrogen (secondary N) is 1. The molecular formula is C13H17N3O3S2. The number of thiazole rings is 1. The Hall–Kier alpha value is -1.64. The van der Waals surface area contributed by atoms with Crippen molar-refractivity contribution >= 4 is 27.0 Å². The Kier molecular flexibility index (Phi) is 4.81. The SMILES string of the molecule is CCC(NS(=O)(=O)c1ccc(OC)cc1N)c1nccs1. The first kappa shape index (κ1) is 15.7. The summed E-state index contributed by atoms with van der Waals surface area (Å²) >= 11 is 1.41. The molecule has 0 saturated heterocycles. The van der Waals surface area contributed by atoms with Crippen LogP contribution in [-0.4, -0.2) is 20.5 Å². The van der Waals surface area contributed by atoms with Gasteiger partial charge in [0.1, 0.15) is 15.7 Å². The van der Waals surface area contributed by atoms with E-state index in [4.69, 9.17) is 10.5 Å². The highest BCUT2D eigenvalue weighted by Crippen LogP contribution is 2.26. The van der Waals surface area contributed by atoms with Gasteiger partial charge in [0.25, 0.3) is 0 Å². The molecule has 21 heavy (non-hydrogen) atoms. The van der Waals surface area contributed by atoms with Crippen LogP contribution in [0.15, 0.2) is 34.7 Å². The quantitative estimate of drug-likeness (QED) is 0.793. The molecule has 2 rings (SSSR count). The van der Waals surface area contributed by atoms with Gasteiger partial charge in [-0.25, -0.2) is 18.1 Å². The van der Waals surface area contributed by atoms with Crippen molar-refractivity contribution in [1.82, 2.24) is 9.71 Å². The summed E-state index contributed by atoms with van der Waals surface area (Å²) in [7, 11) is -2.22. The highest BCUT2D eigenvalue weighted by molar-refractivity contribution is 7.89. The van der Waals surface area contributed by atoms with Gasteiger partial charge in [0.05, 0.1) is 18.8 Å². The molecule has 3 N–H and O–H groups in total. The number of nitrogens with two attached hydrogens (primary N) is 1. The van der Waals surface area contributed by atoms with Crippen molar-refractivity contribution in [3.05, 3.63) is 34.8 Å². The van der Waals surface area contributed by atoms with Crippen LogP contribution in [0.1, 0.15) is 24.4 Å². The summed E-state index contributed by atoms with van der Waals surface area (Å²) in [5.74, 6) is 0.512. The number of anilines is 1. The second-order valence-electron chi connectivity index (χ2n) is 4.36. The van der Waals surface area contributed by atoms with Crippen LogP contribution in [0.5, 0.6) is 5.75 Å². The largest absolute Gasteiger partial charge is 0.497 e. The van der Waals surface area contributed by atoms with E-state index in [1.165, 1.54) is 30.6 Å². The minimum Gasteiger partial charge on any atom is -0.497 e. The first-order chi connectivity index (χ1) is 9.97. The van der Waals surface area contributed by atoms with Gasteiger partial charge in [0.2, 0.25) is 10.0 Å². The van der Waals surface area contributed by atoms with Crippen LogP contribution >= 0.6 is 11.3 Å². The third-order valence-electron chi connectivity index (χ3n) is 2.96. The average Bonchev–Trinajstić information content (AvgIpc) is 2.98. The van der Waals surface area contributed by atoms with E-state index in [1.807, 2.05) is 12.3 Å². The molecule has 2 aromatic rings. The van der Waals surface area contributed by atoms with Crippen LogP contribution < -0.4 is 15.2 Å². The molecule has 1 atom stereocenters. The van der Waals surface area contributed by atoms with Crippen LogP contribution in [0, 0.1) is 0 Å². The Morgan fingerprint density at radius 2 is 2.24 bits per heavy atom. The number of aromatic nitrogens is 1. The molecule has 8 heteroatoms. The number of rotatable bonds is 6. The lowest BCUT2D eigenvalue weighted by Gasteiger charge is -2.16. The second-order valence-corrected chi connectivity index (χ2v) is 6.96. The molecule has 1 heterocycles. The van der Waals surface area contributed by atoms with Crippen LogP contribution in [-0.2, 0) is 10.0 Å². The van der Waals surface area contributed by atoms with Crippen molar-refractivity contribution in [3.63, 3.8) is 0 Å². The van der Waals surface area contributed by atoms with Crippen molar-refractivity contribution in [2.75, 3.05) is 12.8 Å². The average molecular weight is 327 g/mol. The molecule has 0 aliphatic carbocycles. The van der Waals surface area contributed by atoms with Crippen molar-refractivity contribution in [1.29, 1.82) is 0 Å². The van der Waals surface area contributed by atoms with Crippen molar-refractivity contribution in [2.24, 2.45) is 0 Å². The molecule has 0 bridgehead atoms. The normalized spacial score (nSPS) is 13.0. The number of nitrogen functional groups attached to an aromatic ring is 1. The smallest absolute Gasteiger partial charge is 0.243 e. The molecule has 114 valence electrons. The molecule has 1 aromatic heterocycles. The Balaban J connectivity index is 2.29. The first-order valence-electron chi connectivity index (χ1n) is 6.33. The van der Waals surface area contributed by atoms with Gasteiger partial charge in [-0.05, 0) is 18.6 Å². The van der Waals surface area contributed by atoms with Gasteiger partial charge in [-0.15, -0.1) is 11.3 Å². The first-order valence-corrected chi connectivity index (χ1v) is 8.69. The summed E-state index contributed by atoms with van der Waals surface area (Å²) in [6.07, 6.45) is 2.25. The minimum atomic E-state index is -3.72. The van der Waals surface area contributed by atoms with Gasteiger partial charge in [0.15, 0.2) is 0 Å². The fourth-order valence-electron chi connectivity index (χ4n) is 1.86. The minimum absolute atomic E-state index is 0.0401. The number of hydrogen-bond acceptors (Lipinski definition) is 6. The molecule has 0 aliphatic heterocycles. The van der Waals surface area contributed by atoms with Crippen LogP contribution in [0.2, 0.25) is 0 Å². The number of methoxy groups -OCH3 is 1. The Morgan fingerprint density at radius 3 is 2.76 bits per heavy atom. The molecule has 0 spiro atoms. The highest BCUT2D eigenvalue weighted by Gasteiger charge is 2.23. The zero-order valence-corrected chi connectivity index (χ0v) is 13.4. The van der Waals surface area contributed by atoms with Crippen molar-refractivity contribution in [3.8, 4) is 5.75 Å². The van der Waals surface area contributed by atoms with Gasteiger partial charge in [-0.3, -0.25) is 0 Å². The van der Waals surface area contributed by atoms with E-state index in [9.17, 15) is 8.42 Å². The number of sulfonamides is 1. The second kappa shape index (κ2) is 6.42. The lowest BCUT2D eigenvalue weighted by atomic mass is 10.3. The van der Waals surface area contributed by atoms with Gasteiger partial charge < -0.3 is 10.5 Å². The van der Waals surface area contributed by atoms with Crippen LogP contribution in [0.3, 0.4) is 0 Å². The van der Waals surface area contributed by atoms with Gasteiger partial charge in [-0.2, -0.15) is 0 Å². The monoisotopic (exact) mass is 327 g/mol. The van der Waals surface area contributed by atoms with Crippen molar-refractivity contribution in [2.45, 2.75) is 24.3 Å². The summed E-state index contributed by atoms with van der Waals surface area (Å²) in [5, 5.41) is 2.54. The summed E-state index contributed by atoms with van der Waals surface area (Å²) in [6.45, 7) is 1.89. The van der Waals surface area contributed by atoms with E-state index in [0.717, 1.165) is 5.01 Å². The molecule has 1 aromatic carbocycles. The van der Waals surface area contributed by atoms with Gasteiger partial charge in [-0.1, -0.05) is 6.92 Å². The molecule has 0 radical (unpaired) electrons. The van der Waals surface area contributed by atoms with E-state index >= 15 is 0 Å². The Morgan fingerprint density at radius 1 is 1.48 bits per heavy atom. The maximum absolute atomic E-state index is 12.5. The number of nitrogens with zero attached hydrogens (tertiary/aromatic N) is 1. The summed E-state index contributed by atoms with van der Waals surface area (Å²) < 4.78 is 32.6. The third kappa shape index (κ3) is 3.52. The van der Waals surface area contributed by atoms with E-state index in [2.05, 4.69) is 9.71 Å².